The van der Waals surface area contributed by atoms with E-state index in [4.69, 9.17) is 4.74 Å². The minimum atomic E-state index is -0.276. The predicted octanol–water partition coefficient (Wildman–Crippen LogP) is 5.47. The summed E-state index contributed by atoms with van der Waals surface area (Å²) in [7, 11) is 2.04. The topological polar surface area (TPSA) is 36.0 Å². The van der Waals surface area contributed by atoms with E-state index in [0.717, 1.165) is 61.5 Å². The lowest BCUT2D eigenvalue weighted by Crippen LogP contribution is -2.33. The molecular formula is C29H40FN3O2. The predicted molar refractivity (Wildman–Crippen MR) is 142 cm³/mol. The molecule has 35 heavy (non-hydrogen) atoms. The number of aldehydes is 1. The molecular weight excluding hydrogens is 441 g/mol. The Kier molecular flexibility index (Phi) is 11.1. The van der Waals surface area contributed by atoms with Crippen LogP contribution in [0.2, 0.25) is 0 Å². The second kappa shape index (κ2) is 14.5. The smallest absolute Gasteiger partial charge is 0.139 e. The third-order valence-electron chi connectivity index (χ3n) is 6.47. The minimum absolute atomic E-state index is 0.264. The van der Waals surface area contributed by atoms with Crippen molar-refractivity contribution < 1.29 is 13.9 Å². The molecule has 2 aromatic rings. The molecule has 0 aromatic heterocycles. The Morgan fingerprint density at radius 3 is 2.54 bits per heavy atom. The van der Waals surface area contributed by atoms with Gasteiger partial charge in [0.05, 0.1) is 13.2 Å². The molecule has 0 bridgehead atoms. The van der Waals surface area contributed by atoms with Gasteiger partial charge in [-0.15, -0.1) is 0 Å². The van der Waals surface area contributed by atoms with E-state index in [0.29, 0.717) is 6.54 Å². The molecule has 0 spiro atoms. The van der Waals surface area contributed by atoms with Crippen molar-refractivity contribution in [2.75, 3.05) is 57.8 Å². The number of likely N-dealkylation sites (N-methyl/N-ethyl adjacent to an activating group) is 1. The first-order chi connectivity index (χ1) is 17.1. The number of allylic oxidation sites excluding steroid dienone is 1. The maximum atomic E-state index is 13.8. The molecule has 0 unspecified atom stereocenters. The van der Waals surface area contributed by atoms with Crippen LogP contribution in [0.4, 0.5) is 10.1 Å². The van der Waals surface area contributed by atoms with Crippen molar-refractivity contribution >= 4 is 17.7 Å². The van der Waals surface area contributed by atoms with Gasteiger partial charge in [0.25, 0.3) is 0 Å². The van der Waals surface area contributed by atoms with E-state index in [1.165, 1.54) is 44.5 Å². The molecule has 0 amide bonds. The van der Waals surface area contributed by atoms with Crippen LogP contribution in [0.1, 0.15) is 44.6 Å². The third-order valence-corrected chi connectivity index (χ3v) is 6.47. The van der Waals surface area contributed by atoms with Crippen molar-refractivity contribution in [3.63, 3.8) is 0 Å². The largest absolute Gasteiger partial charge is 0.494 e. The molecule has 0 saturated carbocycles. The molecule has 0 aliphatic carbocycles. The average Bonchev–Trinajstić information content (AvgIpc) is 2.88. The van der Waals surface area contributed by atoms with E-state index in [1.54, 1.807) is 6.07 Å². The Labute approximate surface area is 210 Å². The highest BCUT2D eigenvalue weighted by Gasteiger charge is 2.14. The number of anilines is 1. The monoisotopic (exact) mass is 481 g/mol. The number of likely N-dealkylation sites (tertiary alicyclic amines) is 1. The van der Waals surface area contributed by atoms with E-state index < -0.39 is 0 Å². The van der Waals surface area contributed by atoms with Gasteiger partial charge in [0.15, 0.2) is 0 Å². The number of nitrogens with zero attached hydrogens (tertiary/aromatic N) is 3. The normalized spacial score (nSPS) is 14.5. The SMILES string of the molecule is CC/C=C(\c1cccc(F)c1)N(CC=O)CCN(C)c1ccc(OCCCN2CCCCC2)cc1. The molecule has 3 rings (SSSR count). The zero-order valence-corrected chi connectivity index (χ0v) is 21.3. The molecule has 0 radical (unpaired) electrons. The van der Waals surface area contributed by atoms with Gasteiger partial charge in [-0.3, -0.25) is 0 Å². The average molecular weight is 482 g/mol. The summed E-state index contributed by atoms with van der Waals surface area (Å²) >= 11 is 0. The fourth-order valence-electron chi connectivity index (χ4n) is 4.53. The summed E-state index contributed by atoms with van der Waals surface area (Å²) in [4.78, 5) is 18.1. The number of piperidine rings is 1. The number of benzene rings is 2. The number of hydrogen-bond donors (Lipinski definition) is 0. The van der Waals surface area contributed by atoms with Crippen molar-refractivity contribution in [3.8, 4) is 5.75 Å². The summed E-state index contributed by atoms with van der Waals surface area (Å²) < 4.78 is 19.8. The van der Waals surface area contributed by atoms with Crippen LogP contribution in [-0.4, -0.2) is 69.0 Å². The van der Waals surface area contributed by atoms with Crippen LogP contribution in [-0.2, 0) is 4.79 Å². The number of carbonyl (C=O) groups is 1. The Morgan fingerprint density at radius 2 is 1.86 bits per heavy atom. The van der Waals surface area contributed by atoms with Crippen molar-refractivity contribution in [2.24, 2.45) is 0 Å². The zero-order valence-electron chi connectivity index (χ0n) is 21.3. The van der Waals surface area contributed by atoms with Crippen LogP contribution < -0.4 is 9.64 Å². The summed E-state index contributed by atoms with van der Waals surface area (Å²) in [5.74, 6) is 0.615. The van der Waals surface area contributed by atoms with Gasteiger partial charge in [0.2, 0.25) is 0 Å². The van der Waals surface area contributed by atoms with Gasteiger partial charge in [0.1, 0.15) is 17.9 Å². The van der Waals surface area contributed by atoms with E-state index in [9.17, 15) is 9.18 Å². The van der Waals surface area contributed by atoms with Gasteiger partial charge in [-0.1, -0.05) is 31.6 Å². The summed E-state index contributed by atoms with van der Waals surface area (Å²) in [6.07, 6.45) is 8.82. The maximum absolute atomic E-state index is 13.8. The summed E-state index contributed by atoms with van der Waals surface area (Å²) in [6, 6.07) is 14.7. The molecule has 0 atom stereocenters. The molecule has 5 nitrogen and oxygen atoms in total. The Morgan fingerprint density at radius 1 is 1.09 bits per heavy atom. The number of halogens is 1. The molecule has 1 heterocycles. The van der Waals surface area contributed by atoms with Crippen molar-refractivity contribution in [1.29, 1.82) is 0 Å². The first-order valence-electron chi connectivity index (χ1n) is 12.9. The summed E-state index contributed by atoms with van der Waals surface area (Å²) in [6.45, 7) is 7.97. The fraction of sp³-hybridized carbons (Fsp3) is 0.483. The van der Waals surface area contributed by atoms with Crippen molar-refractivity contribution in [1.82, 2.24) is 9.80 Å². The highest BCUT2D eigenvalue weighted by Crippen LogP contribution is 2.22. The Balaban J connectivity index is 1.51. The molecule has 1 aliphatic heterocycles. The van der Waals surface area contributed by atoms with Gasteiger partial charge in [-0.2, -0.15) is 0 Å². The second-order valence-corrected chi connectivity index (χ2v) is 9.14. The van der Waals surface area contributed by atoms with Crippen molar-refractivity contribution in [3.05, 3.63) is 66.0 Å². The highest BCUT2D eigenvalue weighted by molar-refractivity contribution is 5.67. The van der Waals surface area contributed by atoms with Crippen LogP contribution in [0.3, 0.4) is 0 Å². The first-order valence-corrected chi connectivity index (χ1v) is 12.9. The fourth-order valence-corrected chi connectivity index (χ4v) is 4.53. The van der Waals surface area contributed by atoms with Gasteiger partial charge in [-0.05, 0) is 75.2 Å². The van der Waals surface area contributed by atoms with E-state index >= 15 is 0 Å². The minimum Gasteiger partial charge on any atom is -0.494 e. The van der Waals surface area contributed by atoms with Crippen LogP contribution in [0.15, 0.2) is 54.6 Å². The molecule has 0 N–H and O–H groups in total. The summed E-state index contributed by atoms with van der Waals surface area (Å²) in [5.41, 5.74) is 2.77. The van der Waals surface area contributed by atoms with Crippen LogP contribution in [0.5, 0.6) is 5.75 Å². The third kappa shape index (κ3) is 8.70. The van der Waals surface area contributed by atoms with Crippen LogP contribution >= 0.6 is 0 Å². The van der Waals surface area contributed by atoms with Gasteiger partial charge in [-0.25, -0.2) is 4.39 Å². The molecule has 1 fully saturated rings. The number of rotatable bonds is 14. The number of carbonyl (C=O) groups excluding carboxylic acids is 1. The van der Waals surface area contributed by atoms with E-state index in [2.05, 4.69) is 28.0 Å². The molecule has 6 heteroatoms. The van der Waals surface area contributed by atoms with Crippen LogP contribution in [0, 0.1) is 5.82 Å². The number of ether oxygens (including phenoxy) is 1. The van der Waals surface area contributed by atoms with Gasteiger partial charge >= 0.3 is 0 Å². The second-order valence-electron chi connectivity index (χ2n) is 9.14. The summed E-state index contributed by atoms with van der Waals surface area (Å²) in [5, 5.41) is 0. The van der Waals surface area contributed by atoms with Crippen LogP contribution in [0.25, 0.3) is 5.70 Å². The lowest BCUT2D eigenvalue weighted by Gasteiger charge is -2.29. The molecule has 1 saturated heterocycles. The number of hydrogen-bond acceptors (Lipinski definition) is 5. The Hall–Kier alpha value is -2.86. The quantitative estimate of drug-likeness (QED) is 0.264. The lowest BCUT2D eigenvalue weighted by atomic mass is 10.1. The maximum Gasteiger partial charge on any atom is 0.139 e. The lowest BCUT2D eigenvalue weighted by molar-refractivity contribution is -0.108. The van der Waals surface area contributed by atoms with Gasteiger partial charge < -0.3 is 24.2 Å². The van der Waals surface area contributed by atoms with Gasteiger partial charge in [0, 0.05) is 43.6 Å². The molecule has 1 aliphatic rings. The zero-order chi connectivity index (χ0) is 24.9. The molecule has 2 aromatic carbocycles. The molecule has 190 valence electrons. The van der Waals surface area contributed by atoms with E-state index in [1.807, 2.05) is 37.1 Å². The first kappa shape index (κ1) is 26.7. The van der Waals surface area contributed by atoms with E-state index in [-0.39, 0.29) is 12.4 Å². The standard InChI is InChI=1S/C29H40FN3O2/c1-3-9-29(25-10-7-11-26(30)24-25)33(21-22-34)20-19-31(2)27-12-14-28(15-13-27)35-23-8-18-32-16-5-4-6-17-32/h7,9-15,22,24H,3-6,8,16-21,23H2,1-2H3/b29-9+. The van der Waals surface area contributed by atoms with Crippen molar-refractivity contribution in [2.45, 2.75) is 39.0 Å². The highest BCUT2D eigenvalue weighted by atomic mass is 19.1. The Bertz CT molecular complexity index is 926.